The van der Waals surface area contributed by atoms with Crippen LogP contribution in [0.15, 0.2) is 66.1 Å². The van der Waals surface area contributed by atoms with Gasteiger partial charge >= 0.3 is 0 Å². The van der Waals surface area contributed by atoms with E-state index in [-0.39, 0.29) is 5.91 Å². The van der Waals surface area contributed by atoms with E-state index in [0.29, 0.717) is 22.2 Å². The highest BCUT2D eigenvalue weighted by Crippen LogP contribution is 2.14. The highest BCUT2D eigenvalue weighted by molar-refractivity contribution is 6.45. The maximum Gasteiger partial charge on any atom is 0.274 e. The molecule has 0 bridgehead atoms. The summed E-state index contributed by atoms with van der Waals surface area (Å²) in [4.78, 5) is 20.8. The van der Waals surface area contributed by atoms with Gasteiger partial charge in [-0.15, -0.1) is 0 Å². The minimum absolute atomic E-state index is 0.308. The minimum Gasteiger partial charge on any atom is -0.365 e. The third kappa shape index (κ3) is 3.87. The summed E-state index contributed by atoms with van der Waals surface area (Å²) in [7, 11) is 0. The SMILES string of the molecule is O=C(Nc1ccc(Cl)cc1)C1=NC=CNC1Nc1ccccn1. The van der Waals surface area contributed by atoms with Crippen molar-refractivity contribution in [2.45, 2.75) is 6.17 Å². The van der Waals surface area contributed by atoms with Crippen molar-refractivity contribution in [3.05, 3.63) is 66.1 Å². The number of carbonyl (C=O) groups is 1. The molecule has 0 aliphatic carbocycles. The zero-order valence-corrected chi connectivity index (χ0v) is 12.8. The van der Waals surface area contributed by atoms with E-state index in [2.05, 4.69) is 25.9 Å². The molecule has 23 heavy (non-hydrogen) atoms. The van der Waals surface area contributed by atoms with E-state index in [9.17, 15) is 4.79 Å². The lowest BCUT2D eigenvalue weighted by molar-refractivity contribution is -0.110. The maximum atomic E-state index is 12.4. The quantitative estimate of drug-likeness (QED) is 0.806. The van der Waals surface area contributed by atoms with E-state index in [1.54, 1.807) is 36.7 Å². The van der Waals surface area contributed by atoms with Gasteiger partial charge in [-0.3, -0.25) is 4.79 Å². The number of hydrogen-bond acceptors (Lipinski definition) is 5. The second kappa shape index (κ2) is 6.93. The van der Waals surface area contributed by atoms with Crippen molar-refractivity contribution in [1.82, 2.24) is 10.3 Å². The number of aromatic nitrogens is 1. The molecule has 1 amide bonds. The molecule has 3 rings (SSSR count). The maximum absolute atomic E-state index is 12.4. The van der Waals surface area contributed by atoms with Gasteiger partial charge in [-0.25, -0.2) is 9.98 Å². The van der Waals surface area contributed by atoms with Crippen LogP contribution >= 0.6 is 11.6 Å². The Kier molecular flexibility index (Phi) is 4.54. The van der Waals surface area contributed by atoms with Crippen molar-refractivity contribution in [3.63, 3.8) is 0 Å². The molecule has 116 valence electrons. The number of rotatable bonds is 4. The third-order valence-electron chi connectivity index (χ3n) is 3.12. The van der Waals surface area contributed by atoms with Crippen LogP contribution in [-0.4, -0.2) is 22.8 Å². The first-order valence-electron chi connectivity index (χ1n) is 6.95. The highest BCUT2D eigenvalue weighted by Gasteiger charge is 2.24. The minimum atomic E-state index is -0.470. The predicted octanol–water partition coefficient (Wildman–Crippen LogP) is 2.63. The molecule has 0 spiro atoms. The molecule has 2 heterocycles. The molecule has 1 aromatic heterocycles. The molecule has 0 radical (unpaired) electrons. The van der Waals surface area contributed by atoms with Crippen molar-refractivity contribution in [2.24, 2.45) is 4.99 Å². The number of nitrogens with one attached hydrogen (secondary N) is 3. The summed E-state index contributed by atoms with van der Waals surface area (Å²) >= 11 is 5.84. The zero-order chi connectivity index (χ0) is 16.1. The van der Waals surface area contributed by atoms with Crippen LogP contribution in [0.3, 0.4) is 0 Å². The van der Waals surface area contributed by atoms with Gasteiger partial charge in [0.05, 0.1) is 0 Å². The summed E-state index contributed by atoms with van der Waals surface area (Å²) in [5.74, 6) is 0.338. The number of pyridine rings is 1. The highest BCUT2D eigenvalue weighted by atomic mass is 35.5. The van der Waals surface area contributed by atoms with Crippen LogP contribution in [0.5, 0.6) is 0 Å². The molecule has 0 saturated carbocycles. The van der Waals surface area contributed by atoms with Crippen LogP contribution in [0.25, 0.3) is 0 Å². The predicted molar refractivity (Wildman–Crippen MR) is 91.4 cm³/mol. The normalized spacial score (nSPS) is 16.2. The first-order chi connectivity index (χ1) is 11.2. The molecule has 2 aromatic rings. The second-order valence-corrected chi connectivity index (χ2v) is 5.19. The van der Waals surface area contributed by atoms with Crippen LogP contribution in [0.1, 0.15) is 0 Å². The molecule has 1 aromatic carbocycles. The fraction of sp³-hybridized carbons (Fsp3) is 0.0625. The first kappa shape index (κ1) is 15.1. The Morgan fingerprint density at radius 1 is 1.17 bits per heavy atom. The Hall–Kier alpha value is -2.86. The fourth-order valence-corrected chi connectivity index (χ4v) is 2.16. The van der Waals surface area contributed by atoms with Crippen molar-refractivity contribution >= 4 is 34.7 Å². The largest absolute Gasteiger partial charge is 0.365 e. The van der Waals surface area contributed by atoms with E-state index in [1.165, 1.54) is 6.20 Å². The van der Waals surface area contributed by atoms with E-state index in [4.69, 9.17) is 11.6 Å². The Morgan fingerprint density at radius 2 is 2.00 bits per heavy atom. The fourth-order valence-electron chi connectivity index (χ4n) is 2.03. The summed E-state index contributed by atoms with van der Waals surface area (Å²) in [6.07, 6.45) is 4.40. The third-order valence-corrected chi connectivity index (χ3v) is 3.37. The molecule has 0 fully saturated rings. The lowest BCUT2D eigenvalue weighted by Crippen LogP contribution is -2.47. The summed E-state index contributed by atoms with van der Waals surface area (Å²) < 4.78 is 0. The van der Waals surface area contributed by atoms with Crippen LogP contribution < -0.4 is 16.0 Å². The number of amides is 1. The van der Waals surface area contributed by atoms with Gasteiger partial charge in [0.2, 0.25) is 0 Å². The molecular weight excluding hydrogens is 314 g/mol. The van der Waals surface area contributed by atoms with E-state index < -0.39 is 6.17 Å². The number of anilines is 2. The van der Waals surface area contributed by atoms with Gasteiger partial charge in [-0.05, 0) is 36.4 Å². The number of halogens is 1. The van der Waals surface area contributed by atoms with Gasteiger partial charge in [0.25, 0.3) is 5.91 Å². The second-order valence-electron chi connectivity index (χ2n) is 4.75. The van der Waals surface area contributed by atoms with Gasteiger partial charge in [0.15, 0.2) is 0 Å². The van der Waals surface area contributed by atoms with E-state index in [0.717, 1.165) is 0 Å². The van der Waals surface area contributed by atoms with E-state index in [1.807, 2.05) is 18.2 Å². The number of carbonyl (C=O) groups excluding carboxylic acids is 1. The van der Waals surface area contributed by atoms with Gasteiger partial charge in [-0.2, -0.15) is 0 Å². The van der Waals surface area contributed by atoms with Crippen molar-refractivity contribution in [1.29, 1.82) is 0 Å². The average Bonchev–Trinajstić information content (AvgIpc) is 2.58. The van der Waals surface area contributed by atoms with Crippen LogP contribution in [0, 0.1) is 0 Å². The van der Waals surface area contributed by atoms with Crippen LogP contribution in [0.4, 0.5) is 11.5 Å². The number of benzene rings is 1. The van der Waals surface area contributed by atoms with Crippen molar-refractivity contribution in [3.8, 4) is 0 Å². The van der Waals surface area contributed by atoms with Gasteiger partial charge in [0.1, 0.15) is 17.7 Å². The molecule has 1 atom stereocenters. The monoisotopic (exact) mass is 327 g/mol. The van der Waals surface area contributed by atoms with Crippen molar-refractivity contribution < 1.29 is 4.79 Å². The van der Waals surface area contributed by atoms with Gasteiger partial charge in [0, 0.05) is 29.3 Å². The Labute approximate surface area is 138 Å². The molecule has 0 saturated heterocycles. The van der Waals surface area contributed by atoms with Gasteiger partial charge < -0.3 is 16.0 Å². The number of aliphatic imine (C=N–C) groups is 1. The molecule has 1 aliphatic rings. The van der Waals surface area contributed by atoms with E-state index >= 15 is 0 Å². The molecule has 1 aliphatic heterocycles. The molecule has 7 heteroatoms. The first-order valence-corrected chi connectivity index (χ1v) is 7.33. The Balaban J connectivity index is 1.72. The van der Waals surface area contributed by atoms with Gasteiger partial charge in [-0.1, -0.05) is 17.7 Å². The summed E-state index contributed by atoms with van der Waals surface area (Å²) in [6, 6.07) is 12.4. The summed E-state index contributed by atoms with van der Waals surface area (Å²) in [5.41, 5.74) is 0.960. The Bertz CT molecular complexity index is 743. The number of nitrogens with zero attached hydrogens (tertiary/aromatic N) is 2. The van der Waals surface area contributed by atoms with Crippen LogP contribution in [-0.2, 0) is 4.79 Å². The summed E-state index contributed by atoms with van der Waals surface area (Å²) in [5, 5.41) is 9.57. The van der Waals surface area contributed by atoms with Crippen LogP contribution in [0.2, 0.25) is 5.02 Å². The molecular formula is C16H14ClN5O. The lowest BCUT2D eigenvalue weighted by atomic mass is 10.2. The average molecular weight is 328 g/mol. The Morgan fingerprint density at radius 3 is 2.74 bits per heavy atom. The summed E-state index contributed by atoms with van der Waals surface area (Å²) in [6.45, 7) is 0. The lowest BCUT2D eigenvalue weighted by Gasteiger charge is -2.23. The molecule has 3 N–H and O–H groups in total. The van der Waals surface area contributed by atoms with Crippen molar-refractivity contribution in [2.75, 3.05) is 10.6 Å². The molecule has 6 nitrogen and oxygen atoms in total. The zero-order valence-electron chi connectivity index (χ0n) is 12.0. The smallest absolute Gasteiger partial charge is 0.274 e. The molecule has 1 unspecified atom stereocenters. The topological polar surface area (TPSA) is 78.4 Å². The number of hydrogen-bond donors (Lipinski definition) is 3. The standard InChI is InChI=1S/C16H14ClN5O/c17-11-4-6-12(7-5-11)21-16(23)14-15(20-10-9-19-14)22-13-3-1-2-8-18-13/h1-10,15,20H,(H,18,22)(H,21,23).